The lowest BCUT2D eigenvalue weighted by Crippen LogP contribution is -2.48. The van der Waals surface area contributed by atoms with E-state index >= 15 is 0 Å². The second-order valence-electron chi connectivity index (χ2n) is 8.22. The van der Waals surface area contributed by atoms with Gasteiger partial charge < -0.3 is 9.80 Å². The van der Waals surface area contributed by atoms with Crippen molar-refractivity contribution in [2.45, 2.75) is 20.8 Å². The summed E-state index contributed by atoms with van der Waals surface area (Å²) in [5.41, 5.74) is 5.42. The largest absolute Gasteiger partial charge is 0.344 e. The monoisotopic (exact) mass is 449 g/mol. The average molecular weight is 450 g/mol. The number of anilines is 1. The van der Waals surface area contributed by atoms with Crippen LogP contribution >= 0.6 is 11.3 Å². The number of benzene rings is 2. The Kier molecular flexibility index (Phi) is 5.17. The molecule has 0 aliphatic carbocycles. The molecule has 0 radical (unpaired) electrons. The van der Waals surface area contributed by atoms with Crippen molar-refractivity contribution in [2.24, 2.45) is 0 Å². The van der Waals surface area contributed by atoms with Crippen LogP contribution in [0.2, 0.25) is 0 Å². The molecule has 1 aliphatic rings. The van der Waals surface area contributed by atoms with Crippen molar-refractivity contribution in [3.63, 3.8) is 0 Å². The number of carbonyl (C=O) groups is 1. The normalized spacial score (nSPS) is 14.4. The summed E-state index contributed by atoms with van der Waals surface area (Å²) in [5, 5.41) is 5.52. The lowest BCUT2D eigenvalue weighted by molar-refractivity contribution is 0.0746. The van der Waals surface area contributed by atoms with Gasteiger partial charge in [-0.1, -0.05) is 29.0 Å². The van der Waals surface area contributed by atoms with Gasteiger partial charge in [0.25, 0.3) is 5.91 Å². The third kappa shape index (κ3) is 3.64. The minimum absolute atomic E-state index is 0.0919. The van der Waals surface area contributed by atoms with Gasteiger partial charge in [-0.3, -0.25) is 4.79 Å². The molecule has 3 heterocycles. The summed E-state index contributed by atoms with van der Waals surface area (Å²) in [5.74, 6) is -0.185. The number of halogens is 1. The second kappa shape index (κ2) is 8.02. The average Bonchev–Trinajstić information content (AvgIpc) is 3.35. The van der Waals surface area contributed by atoms with Gasteiger partial charge in [-0.25, -0.2) is 9.07 Å². The fourth-order valence-corrected chi connectivity index (χ4v) is 5.18. The molecule has 1 aliphatic heterocycles. The topological polar surface area (TPSA) is 54.3 Å². The summed E-state index contributed by atoms with van der Waals surface area (Å²) < 4.78 is 16.1. The van der Waals surface area contributed by atoms with Crippen molar-refractivity contribution >= 4 is 32.7 Å². The molecular weight excluding hydrogens is 425 g/mol. The van der Waals surface area contributed by atoms with Crippen LogP contribution in [0.15, 0.2) is 42.5 Å². The second-order valence-corrected chi connectivity index (χ2v) is 9.20. The molecule has 0 unspecified atom stereocenters. The molecule has 0 bridgehead atoms. The lowest BCUT2D eigenvalue weighted by Gasteiger charge is -2.34. The van der Waals surface area contributed by atoms with Crippen molar-refractivity contribution in [3.05, 3.63) is 70.7 Å². The van der Waals surface area contributed by atoms with Crippen molar-refractivity contribution in [3.8, 4) is 5.69 Å². The number of amides is 1. The first-order valence-corrected chi connectivity index (χ1v) is 11.5. The van der Waals surface area contributed by atoms with Crippen molar-refractivity contribution in [1.82, 2.24) is 19.7 Å². The summed E-state index contributed by atoms with van der Waals surface area (Å²) in [6.07, 6.45) is 0. The number of thiazole rings is 1. The Balaban J connectivity index is 1.34. The van der Waals surface area contributed by atoms with E-state index in [9.17, 15) is 9.18 Å². The van der Waals surface area contributed by atoms with E-state index in [1.165, 1.54) is 12.1 Å². The fraction of sp³-hybridized carbons (Fsp3) is 0.292. The molecule has 2 aromatic heterocycles. The number of carbonyl (C=O) groups excluding carboxylic acids is 1. The SMILES string of the molecule is Cc1ccc(C(=O)N2CCN(c3nc4c(s3)c(C)nn4-c3ccc(F)cc3)CC2)c(C)c1. The van der Waals surface area contributed by atoms with Crippen LogP contribution in [0.3, 0.4) is 0 Å². The molecule has 164 valence electrons. The number of nitrogens with zero attached hydrogens (tertiary/aromatic N) is 5. The maximum absolute atomic E-state index is 13.3. The molecule has 2 aromatic carbocycles. The number of piperazine rings is 1. The molecule has 6 nitrogen and oxygen atoms in total. The van der Waals surface area contributed by atoms with Gasteiger partial charge in [0.15, 0.2) is 10.8 Å². The zero-order chi connectivity index (χ0) is 22.4. The molecule has 1 fully saturated rings. The molecule has 0 N–H and O–H groups in total. The van der Waals surface area contributed by atoms with Crippen molar-refractivity contribution in [2.75, 3.05) is 31.1 Å². The van der Waals surface area contributed by atoms with Crippen molar-refractivity contribution < 1.29 is 9.18 Å². The highest BCUT2D eigenvalue weighted by Gasteiger charge is 2.26. The Morgan fingerprint density at radius 1 is 1.00 bits per heavy atom. The summed E-state index contributed by atoms with van der Waals surface area (Å²) in [6.45, 7) is 8.77. The summed E-state index contributed by atoms with van der Waals surface area (Å²) in [4.78, 5) is 22.0. The van der Waals surface area contributed by atoms with E-state index < -0.39 is 0 Å². The number of rotatable bonds is 3. The predicted octanol–water partition coefficient (Wildman–Crippen LogP) is 4.51. The van der Waals surface area contributed by atoms with Gasteiger partial charge in [-0.15, -0.1) is 0 Å². The molecule has 1 saturated heterocycles. The quantitative estimate of drug-likeness (QED) is 0.462. The standard InChI is InChI=1S/C24H24FN5OS/c1-15-4-9-20(16(2)14-15)23(31)28-10-12-29(13-11-28)24-26-22-21(32-24)17(3)27-30(22)19-7-5-18(25)6-8-19/h4-9,14H,10-13H2,1-3H3. The minimum atomic E-state index is -0.277. The molecule has 0 saturated carbocycles. The van der Waals surface area contributed by atoms with Crippen LogP contribution in [0.1, 0.15) is 27.2 Å². The van der Waals surface area contributed by atoms with Gasteiger partial charge in [0.1, 0.15) is 5.82 Å². The van der Waals surface area contributed by atoms with E-state index in [4.69, 9.17) is 4.98 Å². The summed E-state index contributed by atoms with van der Waals surface area (Å²) in [6, 6.07) is 12.2. The van der Waals surface area contributed by atoms with Crippen molar-refractivity contribution in [1.29, 1.82) is 0 Å². The summed E-state index contributed by atoms with van der Waals surface area (Å²) >= 11 is 1.61. The van der Waals surface area contributed by atoms with Gasteiger partial charge in [-0.2, -0.15) is 10.1 Å². The van der Waals surface area contributed by atoms with Crippen LogP contribution in [0, 0.1) is 26.6 Å². The van der Waals surface area contributed by atoms with Gasteiger partial charge in [0.2, 0.25) is 0 Å². The van der Waals surface area contributed by atoms with Crippen LogP contribution in [-0.4, -0.2) is 51.8 Å². The number of fused-ring (bicyclic) bond motifs is 1. The Bertz CT molecular complexity index is 1300. The molecule has 5 rings (SSSR count). The minimum Gasteiger partial charge on any atom is -0.344 e. The zero-order valence-corrected chi connectivity index (χ0v) is 19.1. The van der Waals surface area contributed by atoms with E-state index in [1.807, 2.05) is 37.8 Å². The maximum Gasteiger partial charge on any atom is 0.254 e. The zero-order valence-electron chi connectivity index (χ0n) is 18.3. The first kappa shape index (κ1) is 20.6. The van der Waals surface area contributed by atoms with E-state index in [0.29, 0.717) is 13.1 Å². The van der Waals surface area contributed by atoms with Gasteiger partial charge in [-0.05, 0) is 56.7 Å². The number of aryl methyl sites for hydroxylation is 3. The van der Waals surface area contributed by atoms with Crippen LogP contribution in [-0.2, 0) is 0 Å². The maximum atomic E-state index is 13.3. The highest BCUT2D eigenvalue weighted by molar-refractivity contribution is 7.22. The first-order chi connectivity index (χ1) is 15.4. The number of aromatic nitrogens is 3. The predicted molar refractivity (Wildman–Crippen MR) is 125 cm³/mol. The van der Waals surface area contributed by atoms with Crippen LogP contribution < -0.4 is 4.90 Å². The van der Waals surface area contributed by atoms with E-state index in [2.05, 4.69) is 16.1 Å². The Labute approximate surface area is 189 Å². The highest BCUT2D eigenvalue weighted by atomic mass is 32.1. The molecule has 4 aromatic rings. The Morgan fingerprint density at radius 3 is 2.41 bits per heavy atom. The number of hydrogen-bond acceptors (Lipinski definition) is 5. The van der Waals surface area contributed by atoms with Crippen LogP contribution in [0.5, 0.6) is 0 Å². The van der Waals surface area contributed by atoms with E-state index in [-0.39, 0.29) is 11.7 Å². The molecule has 8 heteroatoms. The first-order valence-electron chi connectivity index (χ1n) is 10.6. The molecule has 32 heavy (non-hydrogen) atoms. The third-order valence-electron chi connectivity index (χ3n) is 5.90. The molecular formula is C24H24FN5OS. The van der Waals surface area contributed by atoms with Crippen LogP contribution in [0.4, 0.5) is 9.52 Å². The molecule has 0 atom stereocenters. The molecule has 1 amide bonds. The van der Waals surface area contributed by atoms with Gasteiger partial charge in [0, 0.05) is 31.7 Å². The van der Waals surface area contributed by atoms with Crippen LogP contribution in [0.25, 0.3) is 16.0 Å². The van der Waals surface area contributed by atoms with E-state index in [1.54, 1.807) is 28.2 Å². The molecule has 0 spiro atoms. The van der Waals surface area contributed by atoms with Gasteiger partial charge in [0.05, 0.1) is 16.1 Å². The smallest absolute Gasteiger partial charge is 0.254 e. The highest BCUT2D eigenvalue weighted by Crippen LogP contribution is 2.33. The fourth-order valence-electron chi connectivity index (χ4n) is 4.15. The Morgan fingerprint density at radius 2 is 1.72 bits per heavy atom. The Hall–Kier alpha value is -3.26. The lowest BCUT2D eigenvalue weighted by atomic mass is 10.0. The van der Waals surface area contributed by atoms with Gasteiger partial charge >= 0.3 is 0 Å². The summed E-state index contributed by atoms with van der Waals surface area (Å²) in [7, 11) is 0. The number of hydrogen-bond donors (Lipinski definition) is 0. The van der Waals surface area contributed by atoms with E-state index in [0.717, 1.165) is 56.6 Å². The third-order valence-corrected chi connectivity index (χ3v) is 7.11.